The number of aliphatic hydroxyl groups excluding tert-OH is 1. The zero-order valence-corrected chi connectivity index (χ0v) is 7.63. The first-order valence-corrected chi connectivity index (χ1v) is 3.84. The Bertz CT molecular complexity index is 136. The third-order valence-electron chi connectivity index (χ3n) is 1.67. The fourth-order valence-corrected chi connectivity index (χ4v) is 0.724. The number of methoxy groups -OCH3 is 1. The first-order chi connectivity index (χ1) is 5.00. The average Bonchev–Trinajstić information content (AvgIpc) is 2.00. The van der Waals surface area contributed by atoms with Gasteiger partial charge in [0.1, 0.15) is 0 Å². The van der Waals surface area contributed by atoms with Gasteiger partial charge < -0.3 is 9.84 Å². The van der Waals surface area contributed by atoms with Crippen LogP contribution in [0.25, 0.3) is 0 Å². The maximum absolute atomic E-state index is 10.7. The van der Waals surface area contributed by atoms with Crippen LogP contribution in [0.4, 0.5) is 0 Å². The molecule has 0 aromatic carbocycles. The minimum absolute atomic E-state index is 0.246. The van der Waals surface area contributed by atoms with E-state index in [0.29, 0.717) is 0 Å². The molecule has 0 aliphatic carbocycles. The molecule has 0 unspecified atom stereocenters. The summed E-state index contributed by atoms with van der Waals surface area (Å²) in [7, 11) is 1.23. The molecule has 0 saturated carbocycles. The van der Waals surface area contributed by atoms with Crippen LogP contribution in [0, 0.1) is 5.92 Å². The summed E-state index contributed by atoms with van der Waals surface area (Å²) in [6.45, 7) is 3.41. The van der Waals surface area contributed by atoms with Crippen molar-refractivity contribution >= 4 is 17.6 Å². The van der Waals surface area contributed by atoms with E-state index in [0.717, 1.165) is 0 Å². The highest BCUT2D eigenvalue weighted by Crippen LogP contribution is 2.14. The van der Waals surface area contributed by atoms with Crippen LogP contribution in [0.1, 0.15) is 13.8 Å². The molecule has 11 heavy (non-hydrogen) atoms. The molecule has 0 aromatic rings. The number of aliphatic hydroxyl groups is 1. The maximum atomic E-state index is 10.7. The molecule has 1 N–H and O–H groups in total. The van der Waals surface area contributed by atoms with E-state index in [-0.39, 0.29) is 11.3 Å². The molecule has 66 valence electrons. The lowest BCUT2D eigenvalue weighted by molar-refractivity contribution is -0.153. The van der Waals surface area contributed by atoms with E-state index in [4.69, 9.17) is 11.6 Å². The Morgan fingerprint density at radius 2 is 2.00 bits per heavy atom. The molecule has 3 atom stereocenters. The highest BCUT2D eigenvalue weighted by atomic mass is 35.5. The highest BCUT2D eigenvalue weighted by molar-refractivity contribution is 6.20. The first kappa shape index (κ1) is 10.7. The highest BCUT2D eigenvalue weighted by Gasteiger charge is 2.26. The van der Waals surface area contributed by atoms with E-state index in [1.165, 1.54) is 7.11 Å². The topological polar surface area (TPSA) is 46.5 Å². The molecular weight excluding hydrogens is 168 g/mol. The first-order valence-electron chi connectivity index (χ1n) is 3.40. The quantitative estimate of drug-likeness (QED) is 0.516. The van der Waals surface area contributed by atoms with Gasteiger partial charge in [-0.3, -0.25) is 0 Å². The molecule has 0 amide bonds. The van der Waals surface area contributed by atoms with Crippen molar-refractivity contribution in [2.75, 3.05) is 7.11 Å². The van der Waals surface area contributed by atoms with Crippen LogP contribution in [0.5, 0.6) is 0 Å². The largest absolute Gasteiger partial charge is 0.467 e. The molecule has 0 aliphatic heterocycles. The zero-order chi connectivity index (χ0) is 9.02. The Morgan fingerprint density at radius 1 is 1.55 bits per heavy atom. The Hall–Kier alpha value is -0.280. The van der Waals surface area contributed by atoms with Gasteiger partial charge in [0.2, 0.25) is 0 Å². The van der Waals surface area contributed by atoms with Crippen molar-refractivity contribution < 1.29 is 14.6 Å². The van der Waals surface area contributed by atoms with Gasteiger partial charge in [-0.2, -0.15) is 0 Å². The second kappa shape index (κ2) is 4.57. The summed E-state index contributed by atoms with van der Waals surface area (Å²) in [6, 6.07) is 0. The van der Waals surface area contributed by atoms with Gasteiger partial charge in [0, 0.05) is 11.3 Å². The minimum atomic E-state index is -1.12. The Morgan fingerprint density at radius 3 is 2.27 bits per heavy atom. The van der Waals surface area contributed by atoms with Crippen molar-refractivity contribution in [1.82, 2.24) is 0 Å². The van der Waals surface area contributed by atoms with Gasteiger partial charge >= 0.3 is 5.97 Å². The number of hydrogen-bond acceptors (Lipinski definition) is 3. The van der Waals surface area contributed by atoms with E-state index >= 15 is 0 Å². The second-order valence-corrected chi connectivity index (χ2v) is 3.19. The molecule has 0 spiro atoms. The van der Waals surface area contributed by atoms with E-state index < -0.39 is 12.1 Å². The molecule has 0 heterocycles. The third-order valence-corrected chi connectivity index (χ3v) is 2.06. The molecule has 0 radical (unpaired) electrons. The number of halogens is 1. The summed E-state index contributed by atoms with van der Waals surface area (Å²) < 4.78 is 4.34. The number of carbonyl (C=O) groups excluding carboxylic acids is 1. The predicted octanol–water partition coefficient (Wildman–Crippen LogP) is 0.784. The Kier molecular flexibility index (Phi) is 4.45. The van der Waals surface area contributed by atoms with Gasteiger partial charge in [0.25, 0.3) is 0 Å². The number of carbonyl (C=O) groups is 1. The monoisotopic (exact) mass is 180 g/mol. The summed E-state index contributed by atoms with van der Waals surface area (Å²) in [4.78, 5) is 10.7. The predicted molar refractivity (Wildman–Crippen MR) is 42.5 cm³/mol. The Labute approximate surface area is 71.3 Å². The minimum Gasteiger partial charge on any atom is -0.467 e. The van der Waals surface area contributed by atoms with Crippen LogP contribution in [0.2, 0.25) is 0 Å². The van der Waals surface area contributed by atoms with Gasteiger partial charge in [-0.25, -0.2) is 4.79 Å². The van der Waals surface area contributed by atoms with Gasteiger partial charge in [-0.1, -0.05) is 6.92 Å². The van der Waals surface area contributed by atoms with Gasteiger partial charge in [-0.15, -0.1) is 11.6 Å². The van der Waals surface area contributed by atoms with E-state index in [2.05, 4.69) is 4.74 Å². The summed E-state index contributed by atoms with van der Waals surface area (Å²) >= 11 is 5.66. The number of hydrogen-bond donors (Lipinski definition) is 1. The zero-order valence-electron chi connectivity index (χ0n) is 6.87. The molecule has 4 heteroatoms. The second-order valence-electron chi connectivity index (χ2n) is 2.50. The number of esters is 1. The molecule has 0 bridgehead atoms. The number of rotatable bonds is 3. The van der Waals surface area contributed by atoms with Crippen molar-refractivity contribution in [2.24, 2.45) is 5.92 Å². The number of ether oxygens (including phenoxy) is 1. The summed E-state index contributed by atoms with van der Waals surface area (Å²) in [5, 5.41) is 8.95. The Balaban J connectivity index is 4.01. The smallest absolute Gasteiger partial charge is 0.335 e. The third kappa shape index (κ3) is 3.08. The molecule has 0 aromatic heterocycles. The fourth-order valence-electron chi connectivity index (χ4n) is 0.587. The van der Waals surface area contributed by atoms with Crippen LogP contribution >= 0.6 is 11.6 Å². The van der Waals surface area contributed by atoms with E-state index in [9.17, 15) is 9.90 Å². The summed E-state index contributed by atoms with van der Waals surface area (Å²) in [5.74, 6) is -0.922. The fraction of sp³-hybridized carbons (Fsp3) is 0.857. The SMILES string of the molecule is COC(=O)[C@@H](O)[C@H](C)[C@@H](C)Cl. The van der Waals surface area contributed by atoms with E-state index in [1.807, 2.05) is 0 Å². The normalized spacial score (nSPS) is 18.6. The van der Waals surface area contributed by atoms with Crippen molar-refractivity contribution in [2.45, 2.75) is 25.3 Å². The van der Waals surface area contributed by atoms with E-state index in [1.54, 1.807) is 13.8 Å². The average molecular weight is 181 g/mol. The lowest BCUT2D eigenvalue weighted by Crippen LogP contribution is -2.32. The number of alkyl halides is 1. The van der Waals surface area contributed by atoms with Crippen molar-refractivity contribution in [3.63, 3.8) is 0 Å². The lowest BCUT2D eigenvalue weighted by atomic mass is 10.0. The van der Waals surface area contributed by atoms with Crippen LogP contribution in [-0.4, -0.2) is 29.7 Å². The molecule has 3 nitrogen and oxygen atoms in total. The summed E-state index contributed by atoms with van der Waals surface area (Å²) in [6.07, 6.45) is -1.12. The molecule has 0 saturated heterocycles. The van der Waals surface area contributed by atoms with Gasteiger partial charge in [-0.05, 0) is 6.92 Å². The molecular formula is C7H13ClO3. The molecule has 0 rings (SSSR count). The van der Waals surface area contributed by atoms with Crippen LogP contribution < -0.4 is 0 Å². The molecule has 0 aliphatic rings. The van der Waals surface area contributed by atoms with Gasteiger partial charge in [0.15, 0.2) is 6.10 Å². The van der Waals surface area contributed by atoms with Crippen molar-refractivity contribution in [1.29, 1.82) is 0 Å². The summed E-state index contributed by atoms with van der Waals surface area (Å²) in [5.41, 5.74) is 0. The molecule has 0 fully saturated rings. The maximum Gasteiger partial charge on any atom is 0.335 e. The van der Waals surface area contributed by atoms with Crippen LogP contribution in [0.3, 0.4) is 0 Å². The lowest BCUT2D eigenvalue weighted by Gasteiger charge is -2.18. The van der Waals surface area contributed by atoms with Crippen molar-refractivity contribution in [3.8, 4) is 0 Å². The van der Waals surface area contributed by atoms with Crippen LogP contribution in [0.15, 0.2) is 0 Å². The standard InChI is InChI=1S/C7H13ClO3/c1-4(5(2)8)6(9)7(10)11-3/h4-6,9H,1-3H3/t4-,5-,6+/m1/s1. The van der Waals surface area contributed by atoms with Gasteiger partial charge in [0.05, 0.1) is 7.11 Å². The van der Waals surface area contributed by atoms with Crippen LogP contribution in [-0.2, 0) is 9.53 Å². The van der Waals surface area contributed by atoms with Crippen molar-refractivity contribution in [3.05, 3.63) is 0 Å².